The molecule has 53 heavy (non-hydrogen) atoms. The van der Waals surface area contributed by atoms with E-state index in [-0.39, 0.29) is 10.8 Å². The topological polar surface area (TPSA) is 60.4 Å². The Morgan fingerprint density at radius 2 is 1.43 bits per heavy atom. The SMILES string of the molecule is COc1ccc(-c2cc3c(OCc4ccccc4)cc(C4(O)CC(C)(C)CC(C)(C)C4)c(-c4ccc(SC)cc4)c3cc2N2CCOCC2)c(OC)c1. The number of fused-ring (bicyclic) bond motifs is 1. The fourth-order valence-electron chi connectivity index (χ4n) is 9.27. The van der Waals surface area contributed by atoms with Gasteiger partial charge in [-0.2, -0.15) is 0 Å². The molecule has 278 valence electrons. The van der Waals surface area contributed by atoms with Gasteiger partial charge < -0.3 is 29.0 Å². The highest BCUT2D eigenvalue weighted by molar-refractivity contribution is 7.98. The first-order chi connectivity index (χ1) is 25.4. The predicted molar refractivity (Wildman–Crippen MR) is 219 cm³/mol. The maximum atomic E-state index is 13.2. The summed E-state index contributed by atoms with van der Waals surface area (Å²) in [5.41, 5.74) is 6.02. The number of hydrogen-bond acceptors (Lipinski definition) is 7. The van der Waals surface area contributed by atoms with E-state index in [0.717, 1.165) is 86.6 Å². The molecule has 1 heterocycles. The quantitative estimate of drug-likeness (QED) is 0.144. The van der Waals surface area contributed by atoms with Crippen LogP contribution < -0.4 is 19.1 Å². The van der Waals surface area contributed by atoms with Gasteiger partial charge in [0.05, 0.1) is 33.0 Å². The van der Waals surface area contributed by atoms with Gasteiger partial charge in [-0.1, -0.05) is 70.2 Å². The maximum absolute atomic E-state index is 13.2. The number of aliphatic hydroxyl groups is 1. The normalized spacial score (nSPS) is 17.8. The van der Waals surface area contributed by atoms with Gasteiger partial charge in [-0.05, 0) is 106 Å². The van der Waals surface area contributed by atoms with Crippen LogP contribution in [-0.4, -0.2) is 51.9 Å². The van der Waals surface area contributed by atoms with Crippen LogP contribution in [0.3, 0.4) is 0 Å². The zero-order valence-corrected chi connectivity index (χ0v) is 33.1. The third-order valence-electron chi connectivity index (χ3n) is 10.9. The van der Waals surface area contributed by atoms with E-state index in [2.05, 4.69) is 99.5 Å². The van der Waals surface area contributed by atoms with Crippen molar-refractivity contribution in [2.75, 3.05) is 51.7 Å². The molecular formula is C46H53NO5S. The third kappa shape index (κ3) is 7.75. The zero-order valence-electron chi connectivity index (χ0n) is 32.3. The molecule has 1 aliphatic carbocycles. The van der Waals surface area contributed by atoms with E-state index < -0.39 is 5.60 Å². The van der Waals surface area contributed by atoms with Crippen molar-refractivity contribution in [2.45, 2.75) is 64.1 Å². The molecule has 6 nitrogen and oxygen atoms in total. The summed E-state index contributed by atoms with van der Waals surface area (Å²) in [6, 6.07) is 31.9. The smallest absolute Gasteiger partial charge is 0.130 e. The minimum Gasteiger partial charge on any atom is -0.497 e. The average Bonchev–Trinajstić information content (AvgIpc) is 3.15. The maximum Gasteiger partial charge on any atom is 0.130 e. The Hall–Kier alpha value is -4.17. The van der Waals surface area contributed by atoms with Gasteiger partial charge in [0.25, 0.3) is 0 Å². The summed E-state index contributed by atoms with van der Waals surface area (Å²) in [7, 11) is 3.38. The fraction of sp³-hybridized carbons (Fsp3) is 0.391. The first kappa shape index (κ1) is 37.2. The lowest BCUT2D eigenvalue weighted by atomic mass is 9.57. The average molecular weight is 732 g/mol. The number of rotatable bonds is 10. The van der Waals surface area contributed by atoms with Gasteiger partial charge in [0.15, 0.2) is 0 Å². The molecule has 5 aromatic rings. The van der Waals surface area contributed by atoms with Crippen LogP contribution in [0, 0.1) is 10.8 Å². The van der Waals surface area contributed by atoms with E-state index in [1.54, 1.807) is 26.0 Å². The Kier molecular flexibility index (Phi) is 10.5. The van der Waals surface area contributed by atoms with Crippen molar-refractivity contribution >= 4 is 28.2 Å². The molecule has 0 unspecified atom stereocenters. The summed E-state index contributed by atoms with van der Waals surface area (Å²) in [4.78, 5) is 3.62. The Morgan fingerprint density at radius 1 is 0.736 bits per heavy atom. The highest BCUT2D eigenvalue weighted by Crippen LogP contribution is 2.57. The van der Waals surface area contributed by atoms with E-state index in [4.69, 9.17) is 18.9 Å². The van der Waals surface area contributed by atoms with Crippen LogP contribution in [0.25, 0.3) is 33.0 Å². The Morgan fingerprint density at radius 3 is 2.08 bits per heavy atom. The van der Waals surface area contributed by atoms with Crippen LogP contribution in [0.15, 0.2) is 95.9 Å². The predicted octanol–water partition coefficient (Wildman–Crippen LogP) is 10.8. The summed E-state index contributed by atoms with van der Waals surface area (Å²) < 4.78 is 24.3. The molecule has 0 atom stereocenters. The summed E-state index contributed by atoms with van der Waals surface area (Å²) in [6.07, 6.45) is 4.45. The van der Waals surface area contributed by atoms with Crippen LogP contribution >= 0.6 is 11.8 Å². The molecule has 5 aromatic carbocycles. The van der Waals surface area contributed by atoms with Gasteiger partial charge in [0.1, 0.15) is 23.9 Å². The Balaban J connectivity index is 1.57. The van der Waals surface area contributed by atoms with Crippen molar-refractivity contribution in [2.24, 2.45) is 10.8 Å². The van der Waals surface area contributed by atoms with Crippen molar-refractivity contribution in [3.8, 4) is 39.5 Å². The number of methoxy groups -OCH3 is 2. The van der Waals surface area contributed by atoms with E-state index in [1.807, 2.05) is 30.3 Å². The molecule has 2 fully saturated rings. The molecule has 1 saturated carbocycles. The van der Waals surface area contributed by atoms with Gasteiger partial charge in [-0.25, -0.2) is 0 Å². The zero-order chi connectivity index (χ0) is 37.4. The van der Waals surface area contributed by atoms with Crippen LogP contribution in [0.4, 0.5) is 5.69 Å². The molecule has 0 amide bonds. The van der Waals surface area contributed by atoms with Gasteiger partial charge >= 0.3 is 0 Å². The van der Waals surface area contributed by atoms with E-state index in [9.17, 15) is 5.11 Å². The highest BCUT2D eigenvalue weighted by atomic mass is 32.2. The van der Waals surface area contributed by atoms with Crippen molar-refractivity contribution in [1.29, 1.82) is 0 Å². The molecule has 0 aromatic heterocycles. The largest absolute Gasteiger partial charge is 0.497 e. The Bertz CT molecular complexity index is 2050. The summed E-state index contributed by atoms with van der Waals surface area (Å²) >= 11 is 1.73. The van der Waals surface area contributed by atoms with Crippen LogP contribution in [0.1, 0.15) is 58.1 Å². The first-order valence-corrected chi connectivity index (χ1v) is 19.9. The van der Waals surface area contributed by atoms with Gasteiger partial charge in [0.2, 0.25) is 0 Å². The number of benzene rings is 5. The molecule has 0 radical (unpaired) electrons. The molecule has 1 aliphatic heterocycles. The lowest BCUT2D eigenvalue weighted by Gasteiger charge is -2.50. The second-order valence-electron chi connectivity index (χ2n) is 16.3. The fourth-order valence-corrected chi connectivity index (χ4v) is 9.68. The molecule has 0 spiro atoms. The summed E-state index contributed by atoms with van der Waals surface area (Å²) in [5, 5.41) is 15.2. The first-order valence-electron chi connectivity index (χ1n) is 18.7. The summed E-state index contributed by atoms with van der Waals surface area (Å²) in [6.45, 7) is 12.4. The minimum absolute atomic E-state index is 0.0652. The monoisotopic (exact) mass is 731 g/mol. The second-order valence-corrected chi connectivity index (χ2v) is 17.2. The van der Waals surface area contributed by atoms with Crippen LogP contribution in [0.2, 0.25) is 0 Å². The number of anilines is 1. The highest BCUT2D eigenvalue weighted by Gasteiger charge is 2.48. The molecule has 7 heteroatoms. The number of hydrogen-bond donors (Lipinski definition) is 1. The summed E-state index contributed by atoms with van der Waals surface area (Å²) in [5.74, 6) is 2.22. The second kappa shape index (κ2) is 14.9. The molecule has 0 bridgehead atoms. The van der Waals surface area contributed by atoms with Crippen molar-refractivity contribution in [1.82, 2.24) is 0 Å². The molecule has 7 rings (SSSR count). The lowest BCUT2D eigenvalue weighted by molar-refractivity contribution is -0.0909. The number of morpholine rings is 1. The standard InChI is InChI=1S/C46H53NO5S/c1-44(2)28-45(3,4)30-46(48,29-44)39-26-42(52-27-31-11-9-8-10-12-31)37-24-36(35-18-15-33(49-5)23-41(35)50-6)40(47-19-21-51-22-20-47)25-38(37)43(39)32-13-16-34(53-7)17-14-32/h8-18,23-26,48H,19-22,27-30H2,1-7H3. The Labute approximate surface area is 319 Å². The van der Waals surface area contributed by atoms with Crippen LogP contribution in [-0.2, 0) is 16.9 Å². The van der Waals surface area contributed by atoms with Crippen molar-refractivity contribution in [3.05, 3.63) is 102 Å². The van der Waals surface area contributed by atoms with Crippen molar-refractivity contribution < 1.29 is 24.1 Å². The molecular weight excluding hydrogens is 679 g/mol. The molecule has 1 N–H and O–H groups in total. The number of nitrogens with zero attached hydrogens (tertiary/aromatic N) is 1. The van der Waals surface area contributed by atoms with Crippen molar-refractivity contribution in [3.63, 3.8) is 0 Å². The molecule has 1 saturated heterocycles. The lowest BCUT2D eigenvalue weighted by Crippen LogP contribution is -2.44. The number of ether oxygens (including phenoxy) is 4. The third-order valence-corrected chi connectivity index (χ3v) is 11.6. The molecule has 2 aliphatic rings. The number of thioether (sulfide) groups is 1. The van der Waals surface area contributed by atoms with E-state index in [0.29, 0.717) is 32.7 Å². The van der Waals surface area contributed by atoms with Crippen LogP contribution in [0.5, 0.6) is 17.2 Å². The van der Waals surface area contributed by atoms with E-state index in [1.165, 1.54) is 4.90 Å². The van der Waals surface area contributed by atoms with E-state index >= 15 is 0 Å². The van der Waals surface area contributed by atoms with Gasteiger partial charge in [-0.3, -0.25) is 0 Å². The van der Waals surface area contributed by atoms with Gasteiger partial charge in [-0.15, -0.1) is 11.8 Å². The van der Waals surface area contributed by atoms with Gasteiger partial charge in [0, 0.05) is 46.3 Å². The minimum atomic E-state index is -1.09.